The number of aromatic nitrogens is 2. The van der Waals surface area contributed by atoms with Gasteiger partial charge in [-0.1, -0.05) is 19.9 Å². The molecule has 0 bridgehead atoms. The number of anilines is 1. The molecule has 0 radical (unpaired) electrons. The molecule has 236 valence electrons. The van der Waals surface area contributed by atoms with Crippen molar-refractivity contribution < 1.29 is 42.1 Å². The SMILES string of the molecule is COc1ccc(-n2nc(C(=O)O)c(C)c2Oc2ccc(NC(=O)CC(C)C)cc2S(=O)(=O)NCc2ccc3c(c2)OCO3)cc1. The maximum Gasteiger partial charge on any atom is 0.356 e. The van der Waals surface area contributed by atoms with Crippen molar-refractivity contribution >= 4 is 27.6 Å². The zero-order chi connectivity index (χ0) is 32.3. The summed E-state index contributed by atoms with van der Waals surface area (Å²) < 4.78 is 53.6. The van der Waals surface area contributed by atoms with Crippen LogP contribution < -0.4 is 29.0 Å². The van der Waals surface area contributed by atoms with Gasteiger partial charge in [0.2, 0.25) is 28.6 Å². The van der Waals surface area contributed by atoms with Crippen molar-refractivity contribution in [2.24, 2.45) is 5.92 Å². The van der Waals surface area contributed by atoms with E-state index >= 15 is 0 Å². The topological polar surface area (TPSA) is 167 Å². The zero-order valence-electron chi connectivity index (χ0n) is 25.0. The quantitative estimate of drug-likeness (QED) is 0.195. The summed E-state index contributed by atoms with van der Waals surface area (Å²) in [6, 6.07) is 15.9. The van der Waals surface area contributed by atoms with Crippen LogP contribution in [0, 0.1) is 12.8 Å². The number of hydrogen-bond acceptors (Lipinski definition) is 9. The minimum absolute atomic E-state index is 0.0126. The number of carbonyl (C=O) groups is 2. The molecule has 1 aliphatic heterocycles. The van der Waals surface area contributed by atoms with Crippen molar-refractivity contribution in [2.45, 2.75) is 38.6 Å². The summed E-state index contributed by atoms with van der Waals surface area (Å²) in [6.07, 6.45) is 0.237. The summed E-state index contributed by atoms with van der Waals surface area (Å²) in [6.45, 7) is 5.29. The highest BCUT2D eigenvalue weighted by Crippen LogP contribution is 2.36. The van der Waals surface area contributed by atoms with Crippen LogP contribution in [0.5, 0.6) is 28.9 Å². The van der Waals surface area contributed by atoms with E-state index in [1.54, 1.807) is 42.5 Å². The lowest BCUT2D eigenvalue weighted by Gasteiger charge is -2.16. The molecule has 3 N–H and O–H groups in total. The number of aromatic carboxylic acids is 1. The van der Waals surface area contributed by atoms with E-state index in [2.05, 4.69) is 15.1 Å². The number of sulfonamides is 1. The average Bonchev–Trinajstić information content (AvgIpc) is 3.60. The number of fused-ring (bicyclic) bond motifs is 1. The fourth-order valence-corrected chi connectivity index (χ4v) is 5.74. The van der Waals surface area contributed by atoms with Crippen LogP contribution >= 0.6 is 0 Å². The Morgan fingerprint density at radius 2 is 1.78 bits per heavy atom. The third-order valence-electron chi connectivity index (χ3n) is 6.81. The number of hydrogen-bond donors (Lipinski definition) is 3. The van der Waals surface area contributed by atoms with Gasteiger partial charge in [-0.2, -0.15) is 9.78 Å². The minimum Gasteiger partial charge on any atom is -0.497 e. The molecule has 4 aromatic rings. The van der Waals surface area contributed by atoms with Gasteiger partial charge in [-0.25, -0.2) is 17.9 Å². The van der Waals surface area contributed by atoms with Crippen LogP contribution in [-0.4, -0.2) is 49.1 Å². The van der Waals surface area contributed by atoms with Gasteiger partial charge >= 0.3 is 5.97 Å². The van der Waals surface area contributed by atoms with Crippen LogP contribution in [0.3, 0.4) is 0 Å². The molecule has 13 nitrogen and oxygen atoms in total. The van der Waals surface area contributed by atoms with Gasteiger partial charge in [0.1, 0.15) is 16.4 Å². The second-order valence-corrected chi connectivity index (χ2v) is 12.4. The Labute approximate surface area is 259 Å². The maximum absolute atomic E-state index is 13.8. The summed E-state index contributed by atoms with van der Waals surface area (Å²) in [5, 5.41) is 16.7. The number of nitrogens with one attached hydrogen (secondary N) is 2. The third-order valence-corrected chi connectivity index (χ3v) is 8.23. The van der Waals surface area contributed by atoms with Gasteiger partial charge in [0.15, 0.2) is 17.2 Å². The van der Waals surface area contributed by atoms with Gasteiger partial charge in [-0.05, 0) is 73.0 Å². The first-order valence-corrected chi connectivity index (χ1v) is 15.4. The molecule has 0 spiro atoms. The van der Waals surface area contributed by atoms with E-state index in [9.17, 15) is 23.1 Å². The number of carboxylic acids is 1. The van der Waals surface area contributed by atoms with Crippen molar-refractivity contribution in [1.29, 1.82) is 0 Å². The second-order valence-electron chi connectivity index (χ2n) is 10.6. The predicted molar refractivity (Wildman–Crippen MR) is 163 cm³/mol. The summed E-state index contributed by atoms with van der Waals surface area (Å²) >= 11 is 0. The molecule has 1 aliphatic rings. The van der Waals surface area contributed by atoms with E-state index in [1.807, 2.05) is 13.8 Å². The zero-order valence-corrected chi connectivity index (χ0v) is 25.8. The van der Waals surface area contributed by atoms with Crippen LogP contribution in [0.2, 0.25) is 0 Å². The molecule has 0 fully saturated rings. The van der Waals surface area contributed by atoms with Crippen molar-refractivity contribution in [3.05, 3.63) is 77.5 Å². The molecule has 14 heteroatoms. The number of carbonyl (C=O) groups excluding carboxylic acids is 1. The molecule has 5 rings (SSSR count). The lowest BCUT2D eigenvalue weighted by Crippen LogP contribution is -2.24. The molecule has 45 heavy (non-hydrogen) atoms. The van der Waals surface area contributed by atoms with E-state index in [1.165, 1.54) is 36.9 Å². The summed E-state index contributed by atoms with van der Waals surface area (Å²) in [4.78, 5) is 24.2. The first-order valence-electron chi connectivity index (χ1n) is 13.9. The molecule has 3 aromatic carbocycles. The average molecular weight is 637 g/mol. The summed E-state index contributed by atoms with van der Waals surface area (Å²) in [5.41, 5.74) is 1.20. The predicted octanol–water partition coefficient (Wildman–Crippen LogP) is 4.87. The number of amides is 1. The molecule has 0 saturated carbocycles. The first kappa shape index (κ1) is 31.3. The Hall–Kier alpha value is -5.08. The summed E-state index contributed by atoms with van der Waals surface area (Å²) in [5.74, 6) is 0.0187. The highest BCUT2D eigenvalue weighted by atomic mass is 32.2. The molecule has 0 unspecified atom stereocenters. The van der Waals surface area contributed by atoms with Crippen molar-refractivity contribution in [1.82, 2.24) is 14.5 Å². The van der Waals surface area contributed by atoms with Gasteiger partial charge in [-0.15, -0.1) is 0 Å². The van der Waals surface area contributed by atoms with Crippen LogP contribution in [0.1, 0.15) is 41.9 Å². The molecule has 2 heterocycles. The van der Waals surface area contributed by atoms with E-state index in [0.29, 0.717) is 28.5 Å². The number of ether oxygens (including phenoxy) is 4. The van der Waals surface area contributed by atoms with Gasteiger partial charge < -0.3 is 29.4 Å². The fourth-order valence-electron chi connectivity index (χ4n) is 4.58. The fraction of sp³-hybridized carbons (Fsp3) is 0.258. The van der Waals surface area contributed by atoms with Crippen molar-refractivity contribution in [3.63, 3.8) is 0 Å². The van der Waals surface area contributed by atoms with Crippen LogP contribution in [0.15, 0.2) is 65.6 Å². The first-order chi connectivity index (χ1) is 21.4. The molecule has 0 atom stereocenters. The Morgan fingerprint density at radius 1 is 1.04 bits per heavy atom. The highest BCUT2D eigenvalue weighted by molar-refractivity contribution is 7.89. The van der Waals surface area contributed by atoms with Gasteiger partial charge in [0.25, 0.3) is 0 Å². The number of benzene rings is 3. The van der Waals surface area contributed by atoms with Crippen LogP contribution in [0.25, 0.3) is 5.69 Å². The Balaban J connectivity index is 1.53. The van der Waals surface area contributed by atoms with E-state index in [-0.39, 0.29) is 65.1 Å². The Bertz CT molecular complexity index is 1850. The molecule has 1 amide bonds. The van der Waals surface area contributed by atoms with E-state index in [0.717, 1.165) is 0 Å². The van der Waals surface area contributed by atoms with Crippen LogP contribution in [-0.2, 0) is 21.4 Å². The minimum atomic E-state index is -4.27. The van der Waals surface area contributed by atoms with Crippen molar-refractivity contribution in [2.75, 3.05) is 19.2 Å². The summed E-state index contributed by atoms with van der Waals surface area (Å²) in [7, 11) is -2.76. The van der Waals surface area contributed by atoms with E-state index < -0.39 is 16.0 Å². The maximum atomic E-state index is 13.8. The third kappa shape index (κ3) is 7.02. The molecule has 1 aromatic heterocycles. The standard InChI is InChI=1S/C31H32N4O9S/c1-18(2)13-28(36)33-21-6-12-25(27(15-21)45(39,40)32-16-20-5-11-24-26(14-20)43-17-42-24)44-30-19(3)29(31(37)38)34-35(30)22-7-9-23(41-4)10-8-22/h5-12,14-15,18,32H,13,16-17H2,1-4H3,(H,33,36)(H,37,38). The monoisotopic (exact) mass is 636 g/mol. The van der Waals surface area contributed by atoms with Crippen LogP contribution in [0.4, 0.5) is 5.69 Å². The Morgan fingerprint density at radius 3 is 2.47 bits per heavy atom. The van der Waals surface area contributed by atoms with Gasteiger partial charge in [0.05, 0.1) is 12.8 Å². The number of rotatable bonds is 12. The molecule has 0 saturated heterocycles. The normalized spacial score (nSPS) is 12.3. The molecular formula is C31H32N4O9S. The molecule has 0 aliphatic carbocycles. The number of carboxylic acid groups (broad SMARTS) is 1. The highest BCUT2D eigenvalue weighted by Gasteiger charge is 2.27. The second kappa shape index (κ2) is 12.9. The molecular weight excluding hydrogens is 604 g/mol. The Kier molecular flexibility index (Phi) is 8.97. The van der Waals surface area contributed by atoms with Gasteiger partial charge in [-0.3, -0.25) is 4.79 Å². The number of methoxy groups -OCH3 is 1. The van der Waals surface area contributed by atoms with E-state index in [4.69, 9.17) is 18.9 Å². The van der Waals surface area contributed by atoms with Gasteiger partial charge in [0, 0.05) is 24.2 Å². The lowest BCUT2D eigenvalue weighted by atomic mass is 10.1. The smallest absolute Gasteiger partial charge is 0.356 e. The largest absolute Gasteiger partial charge is 0.497 e. The lowest BCUT2D eigenvalue weighted by molar-refractivity contribution is -0.116. The number of nitrogens with zero attached hydrogens (tertiary/aromatic N) is 2. The van der Waals surface area contributed by atoms with Crippen molar-refractivity contribution in [3.8, 4) is 34.6 Å².